The van der Waals surface area contributed by atoms with Crippen LogP contribution in [0.25, 0.3) is 0 Å². The van der Waals surface area contributed by atoms with Gasteiger partial charge >= 0.3 is 0 Å². The number of amides is 1. The predicted octanol–water partition coefficient (Wildman–Crippen LogP) is 3.57. The number of alkyl halides is 1. The number of hydrogen-bond donors (Lipinski definition) is 0. The number of hydrogen-bond acceptors (Lipinski definition) is 1. The molecule has 0 saturated carbocycles. The minimum absolute atomic E-state index is 0.0201. The molecule has 2 nitrogen and oxygen atoms in total. The van der Waals surface area contributed by atoms with E-state index in [4.69, 9.17) is 23.2 Å². The van der Waals surface area contributed by atoms with Gasteiger partial charge in [0.15, 0.2) is 0 Å². The molecule has 18 heavy (non-hydrogen) atoms. The van der Waals surface area contributed by atoms with Gasteiger partial charge < -0.3 is 4.90 Å². The third kappa shape index (κ3) is 2.47. The van der Waals surface area contributed by atoms with Gasteiger partial charge in [0.05, 0.1) is 5.56 Å². The van der Waals surface area contributed by atoms with Crippen LogP contribution in [0.5, 0.6) is 0 Å². The molecule has 1 aliphatic heterocycles. The van der Waals surface area contributed by atoms with Crippen LogP contribution in [-0.4, -0.2) is 29.3 Å². The van der Waals surface area contributed by atoms with Crippen LogP contribution in [0.15, 0.2) is 18.2 Å². The van der Waals surface area contributed by atoms with E-state index in [1.807, 2.05) is 0 Å². The van der Waals surface area contributed by atoms with E-state index in [-0.39, 0.29) is 17.5 Å². The summed E-state index contributed by atoms with van der Waals surface area (Å²) >= 11 is 11.7. The van der Waals surface area contributed by atoms with E-state index in [2.05, 4.69) is 6.92 Å². The first-order valence-corrected chi connectivity index (χ1v) is 6.78. The molecule has 2 unspecified atom stereocenters. The van der Waals surface area contributed by atoms with Crippen LogP contribution in [0.2, 0.25) is 5.02 Å². The van der Waals surface area contributed by atoms with Crippen LogP contribution in [0, 0.1) is 11.7 Å². The molecular formula is C13H14Cl2FNO. The minimum atomic E-state index is -0.544. The molecule has 0 radical (unpaired) electrons. The third-order valence-corrected chi connectivity index (χ3v) is 4.01. The largest absolute Gasteiger partial charge is 0.334 e. The molecule has 0 spiro atoms. The summed E-state index contributed by atoms with van der Waals surface area (Å²) in [6.45, 7) is 2.66. The second-order valence-electron chi connectivity index (χ2n) is 4.61. The lowest BCUT2D eigenvalue weighted by Gasteiger charge is -2.25. The van der Waals surface area contributed by atoms with Gasteiger partial charge in [-0.15, -0.1) is 11.6 Å². The Balaban J connectivity index is 2.28. The van der Waals surface area contributed by atoms with Gasteiger partial charge in [0, 0.05) is 23.5 Å². The van der Waals surface area contributed by atoms with Gasteiger partial charge in [-0.1, -0.05) is 18.5 Å². The highest BCUT2D eigenvalue weighted by atomic mass is 35.5. The Morgan fingerprint density at radius 1 is 1.56 bits per heavy atom. The van der Waals surface area contributed by atoms with Crippen molar-refractivity contribution in [2.24, 2.45) is 5.92 Å². The highest BCUT2D eigenvalue weighted by Gasteiger charge is 2.35. The van der Waals surface area contributed by atoms with Gasteiger partial charge in [0.25, 0.3) is 5.91 Å². The van der Waals surface area contributed by atoms with Crippen LogP contribution in [0.1, 0.15) is 23.7 Å². The van der Waals surface area contributed by atoms with E-state index in [0.29, 0.717) is 23.4 Å². The molecule has 1 amide bonds. The fraction of sp³-hybridized carbons (Fsp3) is 0.462. The van der Waals surface area contributed by atoms with Crippen molar-refractivity contribution in [2.45, 2.75) is 19.4 Å². The topological polar surface area (TPSA) is 20.3 Å². The average molecular weight is 290 g/mol. The summed E-state index contributed by atoms with van der Waals surface area (Å²) in [5.74, 6) is -0.161. The van der Waals surface area contributed by atoms with Gasteiger partial charge in [-0.05, 0) is 30.5 Å². The molecule has 0 aromatic heterocycles. The number of benzene rings is 1. The number of carbonyl (C=O) groups excluding carboxylic acids is 1. The zero-order valence-corrected chi connectivity index (χ0v) is 11.5. The Hall–Kier alpha value is -0.800. The zero-order chi connectivity index (χ0) is 13.3. The summed E-state index contributed by atoms with van der Waals surface area (Å²) in [5.41, 5.74) is 0.0201. The molecule has 5 heteroatoms. The summed E-state index contributed by atoms with van der Waals surface area (Å²) < 4.78 is 13.7. The highest BCUT2D eigenvalue weighted by Crippen LogP contribution is 2.27. The molecule has 1 fully saturated rings. The van der Waals surface area contributed by atoms with Crippen molar-refractivity contribution in [2.75, 3.05) is 12.4 Å². The normalized spacial score (nSPS) is 23.4. The molecule has 1 heterocycles. The van der Waals surface area contributed by atoms with Gasteiger partial charge in [0.2, 0.25) is 0 Å². The fourth-order valence-corrected chi connectivity index (χ4v) is 2.95. The maximum absolute atomic E-state index is 13.7. The van der Waals surface area contributed by atoms with Gasteiger partial charge in [-0.3, -0.25) is 4.79 Å². The molecule has 1 saturated heterocycles. The summed E-state index contributed by atoms with van der Waals surface area (Å²) in [5, 5.41) is 0.356. The van der Waals surface area contributed by atoms with E-state index in [1.165, 1.54) is 18.2 Å². The molecule has 98 valence electrons. The molecule has 1 aromatic carbocycles. The lowest BCUT2D eigenvalue weighted by molar-refractivity contribution is 0.0732. The maximum atomic E-state index is 13.7. The first kappa shape index (κ1) is 13.6. The second-order valence-corrected chi connectivity index (χ2v) is 5.36. The minimum Gasteiger partial charge on any atom is -0.334 e. The van der Waals surface area contributed by atoms with Crippen molar-refractivity contribution in [1.82, 2.24) is 4.90 Å². The molecule has 1 aliphatic rings. The first-order valence-electron chi connectivity index (χ1n) is 5.86. The van der Waals surface area contributed by atoms with E-state index in [1.54, 1.807) is 4.90 Å². The second kappa shape index (κ2) is 5.45. The van der Waals surface area contributed by atoms with Crippen LogP contribution >= 0.6 is 23.2 Å². The van der Waals surface area contributed by atoms with Crippen molar-refractivity contribution >= 4 is 29.1 Å². The van der Waals surface area contributed by atoms with Crippen molar-refractivity contribution < 1.29 is 9.18 Å². The van der Waals surface area contributed by atoms with E-state index in [9.17, 15) is 9.18 Å². The molecule has 2 atom stereocenters. The van der Waals surface area contributed by atoms with Gasteiger partial charge in [-0.25, -0.2) is 4.39 Å². The summed E-state index contributed by atoms with van der Waals surface area (Å²) in [4.78, 5) is 13.9. The van der Waals surface area contributed by atoms with E-state index in [0.717, 1.165) is 6.42 Å². The van der Waals surface area contributed by atoms with Gasteiger partial charge in [0.1, 0.15) is 5.82 Å². The fourth-order valence-electron chi connectivity index (χ4n) is 2.31. The SMILES string of the molecule is CC1CCN(C(=O)c2cc(Cl)ccc2F)C1CCl. The average Bonchev–Trinajstić information content (AvgIpc) is 2.72. The summed E-state index contributed by atoms with van der Waals surface area (Å²) in [7, 11) is 0. The number of likely N-dealkylation sites (tertiary alicyclic amines) is 1. The summed E-state index contributed by atoms with van der Waals surface area (Å²) in [6.07, 6.45) is 0.894. The standard InChI is InChI=1S/C13H14Cl2FNO/c1-8-4-5-17(12(8)7-14)13(18)10-6-9(15)2-3-11(10)16/h2-3,6,8,12H,4-5,7H2,1H3. The quantitative estimate of drug-likeness (QED) is 0.762. The number of rotatable bonds is 2. The Kier molecular flexibility index (Phi) is 4.13. The van der Waals surface area contributed by atoms with Crippen LogP contribution in [-0.2, 0) is 0 Å². The van der Waals surface area contributed by atoms with Crippen LogP contribution in [0.3, 0.4) is 0 Å². The van der Waals surface area contributed by atoms with Gasteiger partial charge in [-0.2, -0.15) is 0 Å². The zero-order valence-electron chi connectivity index (χ0n) is 10.00. The lowest BCUT2D eigenvalue weighted by atomic mass is 10.0. The van der Waals surface area contributed by atoms with Crippen molar-refractivity contribution in [1.29, 1.82) is 0 Å². The van der Waals surface area contributed by atoms with Crippen LogP contribution < -0.4 is 0 Å². The van der Waals surface area contributed by atoms with E-state index < -0.39 is 5.82 Å². The Morgan fingerprint density at radius 3 is 2.94 bits per heavy atom. The summed E-state index contributed by atoms with van der Waals surface area (Å²) in [6, 6.07) is 3.98. The van der Waals surface area contributed by atoms with Crippen molar-refractivity contribution in [3.05, 3.63) is 34.6 Å². The predicted molar refractivity (Wildman–Crippen MR) is 70.7 cm³/mol. The smallest absolute Gasteiger partial charge is 0.257 e. The molecular weight excluding hydrogens is 276 g/mol. The maximum Gasteiger partial charge on any atom is 0.257 e. The van der Waals surface area contributed by atoms with E-state index >= 15 is 0 Å². The van der Waals surface area contributed by atoms with Crippen molar-refractivity contribution in [3.63, 3.8) is 0 Å². The van der Waals surface area contributed by atoms with Crippen molar-refractivity contribution in [3.8, 4) is 0 Å². The Morgan fingerprint density at radius 2 is 2.28 bits per heavy atom. The monoisotopic (exact) mass is 289 g/mol. The number of halogens is 3. The lowest BCUT2D eigenvalue weighted by Crippen LogP contribution is -2.39. The molecule has 1 aromatic rings. The third-order valence-electron chi connectivity index (χ3n) is 3.46. The number of carbonyl (C=O) groups is 1. The highest BCUT2D eigenvalue weighted by molar-refractivity contribution is 6.31. The molecule has 0 aliphatic carbocycles. The van der Waals surface area contributed by atoms with Crippen LogP contribution in [0.4, 0.5) is 4.39 Å². The molecule has 0 bridgehead atoms. The number of nitrogens with zero attached hydrogens (tertiary/aromatic N) is 1. The first-order chi connectivity index (χ1) is 8.54. The molecule has 2 rings (SSSR count). The Bertz CT molecular complexity index is 466. The Labute approximate surface area is 116 Å². The molecule has 0 N–H and O–H groups in total.